The van der Waals surface area contributed by atoms with Gasteiger partial charge in [0.25, 0.3) is 0 Å². The Labute approximate surface area is 128 Å². The van der Waals surface area contributed by atoms with E-state index in [2.05, 4.69) is 27.0 Å². The molecular formula is C17H18N3O2+. The zero-order valence-corrected chi connectivity index (χ0v) is 12.7. The summed E-state index contributed by atoms with van der Waals surface area (Å²) in [6.45, 7) is 1.90. The molecule has 0 amide bonds. The lowest BCUT2D eigenvalue weighted by Crippen LogP contribution is -2.14. The Morgan fingerprint density at radius 2 is 2.09 bits per heavy atom. The second-order valence-electron chi connectivity index (χ2n) is 5.44. The molecule has 0 fully saturated rings. The molecule has 0 saturated heterocycles. The van der Waals surface area contributed by atoms with E-state index in [0.717, 1.165) is 36.3 Å². The molecule has 1 aromatic carbocycles. The Kier molecular flexibility index (Phi) is 3.90. The molecule has 0 spiro atoms. The van der Waals surface area contributed by atoms with E-state index >= 15 is 0 Å². The van der Waals surface area contributed by atoms with Gasteiger partial charge in [-0.05, 0) is 42.2 Å². The van der Waals surface area contributed by atoms with Crippen LogP contribution in [-0.4, -0.2) is 22.6 Å². The number of H-pyrrole nitrogens is 1. The Balaban J connectivity index is 1.89. The first kappa shape index (κ1) is 14.3. The molecule has 1 aliphatic carbocycles. The minimum absolute atomic E-state index is 0.161. The molecule has 0 saturated carbocycles. The van der Waals surface area contributed by atoms with Crippen LogP contribution in [0.2, 0.25) is 0 Å². The molecular weight excluding hydrogens is 278 g/mol. The SMILES string of the molecule is COc1ccc2c(c1)CCC(=[N+]=Nc1cc(=O)[nH]cc1C)C2. The number of rotatable bonds is 2. The number of aromatic nitrogens is 1. The second kappa shape index (κ2) is 6.00. The van der Waals surface area contributed by atoms with Gasteiger partial charge in [0.05, 0.1) is 24.7 Å². The second-order valence-corrected chi connectivity index (χ2v) is 5.44. The van der Waals surface area contributed by atoms with Crippen LogP contribution in [0.25, 0.3) is 0 Å². The predicted octanol–water partition coefficient (Wildman–Crippen LogP) is 2.61. The molecule has 1 heterocycles. The monoisotopic (exact) mass is 296 g/mol. The number of benzene rings is 1. The number of methoxy groups -OCH3 is 1. The van der Waals surface area contributed by atoms with Gasteiger partial charge in [-0.15, -0.1) is 0 Å². The highest BCUT2D eigenvalue weighted by Crippen LogP contribution is 2.24. The van der Waals surface area contributed by atoms with E-state index in [0.29, 0.717) is 5.69 Å². The van der Waals surface area contributed by atoms with E-state index in [-0.39, 0.29) is 5.56 Å². The van der Waals surface area contributed by atoms with Gasteiger partial charge in [0.2, 0.25) is 5.56 Å². The van der Waals surface area contributed by atoms with E-state index in [1.54, 1.807) is 13.3 Å². The summed E-state index contributed by atoms with van der Waals surface area (Å²) in [4.78, 5) is 18.3. The molecule has 1 aliphatic rings. The lowest BCUT2D eigenvalue weighted by molar-refractivity contribution is -0.0824. The first-order chi connectivity index (χ1) is 10.7. The van der Waals surface area contributed by atoms with Crippen LogP contribution in [0.3, 0.4) is 0 Å². The van der Waals surface area contributed by atoms with Crippen molar-refractivity contribution < 1.29 is 9.53 Å². The zero-order chi connectivity index (χ0) is 15.5. The van der Waals surface area contributed by atoms with Gasteiger partial charge in [-0.3, -0.25) is 4.79 Å². The smallest absolute Gasteiger partial charge is 0.323 e. The van der Waals surface area contributed by atoms with E-state index < -0.39 is 0 Å². The third kappa shape index (κ3) is 3.00. The number of pyridine rings is 1. The highest BCUT2D eigenvalue weighted by Gasteiger charge is 2.22. The highest BCUT2D eigenvalue weighted by molar-refractivity contribution is 5.83. The molecule has 1 aromatic heterocycles. The number of nitrogens with zero attached hydrogens (tertiary/aromatic N) is 2. The molecule has 5 heteroatoms. The van der Waals surface area contributed by atoms with Crippen molar-refractivity contribution in [2.75, 3.05) is 7.11 Å². The fraction of sp³-hybridized carbons (Fsp3) is 0.294. The lowest BCUT2D eigenvalue weighted by Gasteiger charge is -2.12. The summed E-state index contributed by atoms with van der Waals surface area (Å²) >= 11 is 0. The van der Waals surface area contributed by atoms with Crippen LogP contribution in [0.15, 0.2) is 40.4 Å². The van der Waals surface area contributed by atoms with E-state index in [1.807, 2.05) is 13.0 Å². The number of hydrogen-bond acceptors (Lipinski definition) is 3. The van der Waals surface area contributed by atoms with Crippen LogP contribution in [0.5, 0.6) is 5.75 Å². The van der Waals surface area contributed by atoms with Crippen molar-refractivity contribution in [1.29, 1.82) is 0 Å². The summed E-state index contributed by atoms with van der Waals surface area (Å²) in [5, 5.41) is 4.24. The summed E-state index contributed by atoms with van der Waals surface area (Å²) in [5.41, 5.74) is 4.99. The van der Waals surface area contributed by atoms with Gasteiger partial charge in [0, 0.05) is 12.3 Å². The molecule has 2 aromatic rings. The first-order valence-electron chi connectivity index (χ1n) is 7.27. The summed E-state index contributed by atoms with van der Waals surface area (Å²) in [5.74, 6) is 0.892. The van der Waals surface area contributed by atoms with Crippen molar-refractivity contribution in [2.45, 2.75) is 26.2 Å². The van der Waals surface area contributed by atoms with Gasteiger partial charge < -0.3 is 9.72 Å². The van der Waals surface area contributed by atoms with Crippen LogP contribution in [-0.2, 0) is 12.8 Å². The van der Waals surface area contributed by atoms with Crippen molar-refractivity contribution in [2.24, 2.45) is 5.11 Å². The summed E-state index contributed by atoms with van der Waals surface area (Å²) in [6, 6.07) is 7.62. The van der Waals surface area contributed by atoms with Gasteiger partial charge in [0.15, 0.2) is 5.69 Å². The molecule has 0 unspecified atom stereocenters. The first-order valence-corrected chi connectivity index (χ1v) is 7.27. The van der Waals surface area contributed by atoms with Gasteiger partial charge in [0.1, 0.15) is 10.9 Å². The summed E-state index contributed by atoms with van der Waals surface area (Å²) in [6.07, 6.45) is 4.27. The highest BCUT2D eigenvalue weighted by atomic mass is 16.5. The van der Waals surface area contributed by atoms with Crippen LogP contribution < -0.4 is 10.3 Å². The molecule has 0 bridgehead atoms. The van der Waals surface area contributed by atoms with Crippen LogP contribution in [0.4, 0.5) is 5.69 Å². The van der Waals surface area contributed by atoms with E-state index in [9.17, 15) is 4.79 Å². The molecule has 5 nitrogen and oxygen atoms in total. The molecule has 1 N–H and O–H groups in total. The average Bonchev–Trinajstić information content (AvgIpc) is 2.55. The Hall–Kier alpha value is -2.65. The van der Waals surface area contributed by atoms with Crippen molar-refractivity contribution in [3.63, 3.8) is 0 Å². The van der Waals surface area contributed by atoms with E-state index in [1.165, 1.54) is 17.2 Å². The summed E-state index contributed by atoms with van der Waals surface area (Å²) in [7, 11) is 1.68. The zero-order valence-electron chi connectivity index (χ0n) is 12.7. The molecule has 3 rings (SSSR count). The van der Waals surface area contributed by atoms with Gasteiger partial charge >= 0.3 is 5.71 Å². The van der Waals surface area contributed by atoms with Crippen molar-refractivity contribution >= 4 is 11.4 Å². The molecule has 0 radical (unpaired) electrons. The number of aromatic amines is 1. The van der Waals surface area contributed by atoms with Crippen molar-refractivity contribution in [3.05, 3.63) is 57.5 Å². The predicted molar refractivity (Wildman–Crippen MR) is 84.2 cm³/mol. The lowest BCUT2D eigenvalue weighted by atomic mass is 9.90. The summed E-state index contributed by atoms with van der Waals surface area (Å²) < 4.78 is 5.26. The number of aryl methyl sites for hydroxylation is 2. The number of ether oxygens (including phenoxy) is 1. The number of hydrogen-bond donors (Lipinski definition) is 1. The fourth-order valence-electron chi connectivity index (χ4n) is 2.57. The quantitative estimate of drug-likeness (QED) is 0.683. The van der Waals surface area contributed by atoms with Crippen molar-refractivity contribution in [1.82, 2.24) is 4.98 Å². The van der Waals surface area contributed by atoms with Gasteiger partial charge in [-0.25, -0.2) is 0 Å². The minimum atomic E-state index is -0.161. The topological polar surface area (TPSA) is 68.5 Å². The molecule has 112 valence electrons. The number of nitrogens with one attached hydrogen (secondary N) is 1. The minimum Gasteiger partial charge on any atom is -0.497 e. The molecule has 0 atom stereocenters. The normalized spacial score (nSPS) is 13.3. The third-order valence-corrected chi connectivity index (χ3v) is 3.89. The standard InChI is InChI=1S/C17H17N3O2/c1-11-10-18-17(21)9-16(11)20-19-14-5-3-13-8-15(22-2)6-4-12(13)7-14/h4,6,8-10H,3,5,7H2,1-2H3/p+1. The Bertz CT molecular complexity index is 830. The largest absolute Gasteiger partial charge is 0.497 e. The Morgan fingerprint density at radius 3 is 2.91 bits per heavy atom. The van der Waals surface area contributed by atoms with Crippen LogP contribution >= 0.6 is 0 Å². The van der Waals surface area contributed by atoms with Crippen LogP contribution in [0, 0.1) is 6.92 Å². The molecule has 0 aliphatic heterocycles. The number of fused-ring (bicyclic) bond motifs is 1. The van der Waals surface area contributed by atoms with Crippen molar-refractivity contribution in [3.8, 4) is 5.75 Å². The average molecular weight is 296 g/mol. The van der Waals surface area contributed by atoms with Gasteiger partial charge in [-0.2, -0.15) is 0 Å². The maximum atomic E-state index is 11.3. The van der Waals surface area contributed by atoms with Gasteiger partial charge in [-0.1, -0.05) is 6.07 Å². The maximum absolute atomic E-state index is 11.3. The van der Waals surface area contributed by atoms with Crippen LogP contribution in [0.1, 0.15) is 23.1 Å². The fourth-order valence-corrected chi connectivity index (χ4v) is 2.57. The molecule has 22 heavy (non-hydrogen) atoms. The maximum Gasteiger partial charge on any atom is 0.323 e. The van der Waals surface area contributed by atoms with E-state index in [4.69, 9.17) is 4.74 Å². The Morgan fingerprint density at radius 1 is 1.23 bits per heavy atom. The third-order valence-electron chi connectivity index (χ3n) is 3.89.